The Morgan fingerprint density at radius 2 is 1.75 bits per heavy atom. The van der Waals surface area contributed by atoms with Crippen LogP contribution in [0.25, 0.3) is 0 Å². The van der Waals surface area contributed by atoms with Crippen molar-refractivity contribution in [1.29, 1.82) is 0 Å². The Hall–Kier alpha value is -0.950. The van der Waals surface area contributed by atoms with E-state index in [4.69, 9.17) is 28.9 Å². The van der Waals surface area contributed by atoms with E-state index in [1.165, 1.54) is 30.3 Å². The lowest BCUT2D eigenvalue weighted by molar-refractivity contribution is 0.601. The van der Waals surface area contributed by atoms with Crippen molar-refractivity contribution in [2.75, 3.05) is 10.5 Å². The van der Waals surface area contributed by atoms with Gasteiger partial charge in [-0.05, 0) is 36.4 Å². The van der Waals surface area contributed by atoms with Crippen LogP contribution in [0.15, 0.2) is 45.8 Å². The van der Waals surface area contributed by atoms with Gasteiger partial charge in [-0.3, -0.25) is 4.72 Å². The van der Waals surface area contributed by atoms with Gasteiger partial charge in [0.25, 0.3) is 10.0 Å². The van der Waals surface area contributed by atoms with Gasteiger partial charge in [-0.2, -0.15) is 0 Å². The van der Waals surface area contributed by atoms with Crippen molar-refractivity contribution in [3.05, 3.63) is 50.9 Å². The molecule has 0 saturated carbocycles. The molecule has 4 nitrogen and oxygen atoms in total. The zero-order valence-corrected chi connectivity index (χ0v) is 13.8. The van der Waals surface area contributed by atoms with Crippen LogP contribution < -0.4 is 10.5 Å². The maximum absolute atomic E-state index is 12.2. The molecular weight excluding hydrogens is 387 g/mol. The molecule has 0 fully saturated rings. The first-order valence-corrected chi connectivity index (χ1v) is 8.36. The summed E-state index contributed by atoms with van der Waals surface area (Å²) in [6, 6.07) is 8.98. The number of nitrogens with one attached hydrogen (secondary N) is 1. The highest BCUT2D eigenvalue weighted by molar-refractivity contribution is 9.10. The topological polar surface area (TPSA) is 72.2 Å². The summed E-state index contributed by atoms with van der Waals surface area (Å²) in [5, 5.41) is 0.475. The third-order valence-corrected chi connectivity index (χ3v) is 5.13. The SMILES string of the molecule is Nc1cc(NS(=O)(=O)c2ccc(Br)cc2Cl)ccc1Cl. The van der Waals surface area contributed by atoms with Gasteiger partial charge in [-0.25, -0.2) is 8.42 Å². The van der Waals surface area contributed by atoms with E-state index < -0.39 is 10.0 Å². The number of rotatable bonds is 3. The van der Waals surface area contributed by atoms with Crippen LogP contribution in [0.2, 0.25) is 10.0 Å². The number of nitrogens with two attached hydrogens (primary N) is 1. The molecule has 0 spiro atoms. The summed E-state index contributed by atoms with van der Waals surface area (Å²) < 4.78 is 27.6. The van der Waals surface area contributed by atoms with Crippen molar-refractivity contribution in [2.24, 2.45) is 0 Å². The van der Waals surface area contributed by atoms with Crippen molar-refractivity contribution in [3.8, 4) is 0 Å². The maximum Gasteiger partial charge on any atom is 0.263 e. The van der Waals surface area contributed by atoms with Crippen LogP contribution in [0, 0.1) is 0 Å². The second kappa shape index (κ2) is 5.81. The first-order valence-electron chi connectivity index (χ1n) is 5.32. The minimum atomic E-state index is -3.79. The van der Waals surface area contributed by atoms with Crippen molar-refractivity contribution >= 4 is 60.5 Å². The molecule has 8 heteroatoms. The molecule has 106 valence electrons. The van der Waals surface area contributed by atoms with Crippen molar-refractivity contribution in [1.82, 2.24) is 0 Å². The zero-order chi connectivity index (χ0) is 14.9. The lowest BCUT2D eigenvalue weighted by atomic mass is 10.3. The second-order valence-electron chi connectivity index (χ2n) is 3.92. The van der Waals surface area contributed by atoms with Crippen LogP contribution >= 0.6 is 39.1 Å². The molecule has 2 aromatic carbocycles. The molecule has 2 aromatic rings. The Balaban J connectivity index is 2.38. The van der Waals surface area contributed by atoms with E-state index in [0.717, 1.165) is 0 Å². The van der Waals surface area contributed by atoms with Gasteiger partial charge in [0.05, 0.1) is 21.4 Å². The van der Waals surface area contributed by atoms with Gasteiger partial charge in [0.1, 0.15) is 4.90 Å². The van der Waals surface area contributed by atoms with Crippen LogP contribution in [-0.4, -0.2) is 8.42 Å². The van der Waals surface area contributed by atoms with E-state index in [1.54, 1.807) is 6.07 Å². The van der Waals surface area contributed by atoms with Gasteiger partial charge in [0.2, 0.25) is 0 Å². The van der Waals surface area contributed by atoms with Crippen LogP contribution in [0.5, 0.6) is 0 Å². The maximum atomic E-state index is 12.2. The number of hydrogen-bond donors (Lipinski definition) is 2. The lowest BCUT2D eigenvalue weighted by Gasteiger charge is -2.10. The number of anilines is 2. The summed E-state index contributed by atoms with van der Waals surface area (Å²) in [5.74, 6) is 0. The molecule has 0 saturated heterocycles. The van der Waals surface area contributed by atoms with Crippen LogP contribution in [-0.2, 0) is 10.0 Å². The van der Waals surface area contributed by atoms with Gasteiger partial charge in [-0.1, -0.05) is 39.1 Å². The molecule has 0 amide bonds. The molecule has 0 radical (unpaired) electrons. The van der Waals surface area contributed by atoms with Crippen molar-refractivity contribution in [3.63, 3.8) is 0 Å². The normalized spacial score (nSPS) is 11.3. The summed E-state index contributed by atoms with van der Waals surface area (Å²) in [4.78, 5) is -0.0177. The highest BCUT2D eigenvalue weighted by atomic mass is 79.9. The zero-order valence-electron chi connectivity index (χ0n) is 9.90. The Labute approximate surface area is 135 Å². The number of sulfonamides is 1. The van der Waals surface area contributed by atoms with Crippen LogP contribution in [0.1, 0.15) is 0 Å². The third kappa shape index (κ3) is 3.38. The number of nitrogen functional groups attached to an aromatic ring is 1. The molecule has 0 unspecified atom stereocenters. The standard InChI is InChI=1S/C12H9BrCl2N2O2S/c13-7-1-4-12(10(15)5-7)20(18,19)17-8-2-3-9(14)11(16)6-8/h1-6,17H,16H2. The van der Waals surface area contributed by atoms with Crippen molar-refractivity contribution in [2.45, 2.75) is 4.90 Å². The quantitative estimate of drug-likeness (QED) is 0.767. The van der Waals surface area contributed by atoms with Crippen LogP contribution in [0.3, 0.4) is 0 Å². The Morgan fingerprint density at radius 3 is 2.35 bits per heavy atom. The average molecular weight is 396 g/mol. The highest BCUT2D eigenvalue weighted by Gasteiger charge is 2.18. The lowest BCUT2D eigenvalue weighted by Crippen LogP contribution is -2.13. The van der Waals surface area contributed by atoms with Gasteiger partial charge >= 0.3 is 0 Å². The molecule has 0 heterocycles. The van der Waals surface area contributed by atoms with E-state index in [9.17, 15) is 8.42 Å². The van der Waals surface area contributed by atoms with Gasteiger partial charge in [0, 0.05) is 4.47 Å². The van der Waals surface area contributed by atoms with E-state index in [-0.39, 0.29) is 15.6 Å². The predicted molar refractivity (Wildman–Crippen MR) is 85.8 cm³/mol. The third-order valence-electron chi connectivity index (χ3n) is 2.43. The Morgan fingerprint density at radius 1 is 1.05 bits per heavy atom. The smallest absolute Gasteiger partial charge is 0.263 e. The molecule has 20 heavy (non-hydrogen) atoms. The Kier molecular flexibility index (Phi) is 4.49. The van der Waals surface area contributed by atoms with Crippen LogP contribution in [0.4, 0.5) is 11.4 Å². The van der Waals surface area contributed by atoms with E-state index in [1.807, 2.05) is 0 Å². The van der Waals surface area contributed by atoms with E-state index >= 15 is 0 Å². The fourth-order valence-corrected chi connectivity index (χ4v) is 3.72. The largest absolute Gasteiger partial charge is 0.397 e. The fraction of sp³-hybridized carbons (Fsp3) is 0. The van der Waals surface area contributed by atoms with Crippen molar-refractivity contribution < 1.29 is 8.42 Å². The summed E-state index contributed by atoms with van der Waals surface area (Å²) in [5.41, 5.74) is 6.23. The molecule has 0 atom stereocenters. The minimum Gasteiger partial charge on any atom is -0.397 e. The molecule has 0 aliphatic carbocycles. The molecule has 0 aliphatic heterocycles. The average Bonchev–Trinajstić information content (AvgIpc) is 2.33. The fourth-order valence-electron chi connectivity index (χ4n) is 1.51. The molecule has 2 rings (SSSR count). The van der Waals surface area contributed by atoms with E-state index in [0.29, 0.717) is 15.2 Å². The Bertz CT molecular complexity index is 766. The summed E-state index contributed by atoms with van der Waals surface area (Å²) in [6.45, 7) is 0. The summed E-state index contributed by atoms with van der Waals surface area (Å²) in [6.07, 6.45) is 0. The summed E-state index contributed by atoms with van der Waals surface area (Å²) >= 11 is 14.9. The monoisotopic (exact) mass is 394 g/mol. The second-order valence-corrected chi connectivity index (χ2v) is 7.30. The molecule has 0 aliphatic rings. The number of hydrogen-bond acceptors (Lipinski definition) is 3. The number of benzene rings is 2. The van der Waals surface area contributed by atoms with Gasteiger partial charge in [0.15, 0.2) is 0 Å². The first-order chi connectivity index (χ1) is 9.29. The predicted octanol–water partition coefficient (Wildman–Crippen LogP) is 4.14. The molecule has 0 bridgehead atoms. The minimum absolute atomic E-state index is 0.0177. The van der Waals surface area contributed by atoms with Gasteiger partial charge < -0.3 is 5.73 Å². The molecule has 0 aromatic heterocycles. The first kappa shape index (κ1) is 15.4. The van der Waals surface area contributed by atoms with Gasteiger partial charge in [-0.15, -0.1) is 0 Å². The molecular formula is C12H9BrCl2N2O2S. The molecule has 3 N–H and O–H groups in total. The summed E-state index contributed by atoms with van der Waals surface area (Å²) in [7, 11) is -3.79. The highest BCUT2D eigenvalue weighted by Crippen LogP contribution is 2.28. The number of halogens is 3. The van der Waals surface area contributed by atoms with E-state index in [2.05, 4.69) is 20.7 Å².